The number of benzene rings is 2. The van der Waals surface area contributed by atoms with Gasteiger partial charge in [0.05, 0.1) is 21.3 Å². The molecule has 1 heterocycles. The first kappa shape index (κ1) is 13.3. The Bertz CT molecular complexity index is 671. The number of fused-ring (bicyclic) bond motifs is 1. The lowest BCUT2D eigenvalue weighted by Crippen LogP contribution is -2.21. The van der Waals surface area contributed by atoms with Crippen molar-refractivity contribution >= 4 is 28.9 Å². The summed E-state index contributed by atoms with van der Waals surface area (Å²) in [5, 5.41) is 13.5. The Morgan fingerprint density at radius 2 is 1.75 bits per heavy atom. The molecular formula is C15H11Cl2NO2. The zero-order valence-electron chi connectivity index (χ0n) is 10.4. The maximum atomic E-state index is 9.25. The van der Waals surface area contributed by atoms with Gasteiger partial charge in [-0.05, 0) is 17.7 Å². The Morgan fingerprint density at radius 1 is 1.05 bits per heavy atom. The van der Waals surface area contributed by atoms with Gasteiger partial charge < -0.3 is 9.94 Å². The molecule has 3 nitrogen and oxygen atoms in total. The van der Waals surface area contributed by atoms with Crippen LogP contribution in [-0.4, -0.2) is 10.9 Å². The summed E-state index contributed by atoms with van der Waals surface area (Å²) in [5.74, 6) is 0.465. The van der Waals surface area contributed by atoms with Crippen molar-refractivity contribution in [3.8, 4) is 5.75 Å². The van der Waals surface area contributed by atoms with Crippen LogP contribution in [0.4, 0.5) is 0 Å². The van der Waals surface area contributed by atoms with Crippen LogP contribution in [0.1, 0.15) is 23.7 Å². The summed E-state index contributed by atoms with van der Waals surface area (Å²) in [6.45, 7) is 0. The Hall–Kier alpha value is -1.71. The van der Waals surface area contributed by atoms with E-state index in [1.807, 2.05) is 30.3 Å². The lowest BCUT2D eigenvalue weighted by molar-refractivity contribution is 0.203. The van der Waals surface area contributed by atoms with Gasteiger partial charge >= 0.3 is 0 Å². The first-order valence-electron chi connectivity index (χ1n) is 6.11. The van der Waals surface area contributed by atoms with E-state index in [2.05, 4.69) is 5.16 Å². The number of ether oxygens (including phenoxy) is 1. The molecule has 1 aliphatic heterocycles. The highest BCUT2D eigenvalue weighted by Crippen LogP contribution is 2.42. The fraction of sp³-hybridized carbons (Fsp3) is 0.133. The summed E-state index contributed by atoms with van der Waals surface area (Å²) in [6, 6.07) is 13.1. The van der Waals surface area contributed by atoms with Crippen LogP contribution in [0.5, 0.6) is 5.75 Å². The quantitative estimate of drug-likeness (QED) is 0.613. The number of hydrogen-bond acceptors (Lipinski definition) is 3. The molecule has 102 valence electrons. The average molecular weight is 308 g/mol. The van der Waals surface area contributed by atoms with Crippen molar-refractivity contribution in [1.29, 1.82) is 0 Å². The van der Waals surface area contributed by atoms with E-state index in [0.29, 0.717) is 33.5 Å². The Kier molecular flexibility index (Phi) is 3.55. The predicted octanol–water partition coefficient (Wildman–Crippen LogP) is 4.70. The number of hydrogen-bond donors (Lipinski definition) is 1. The first-order valence-corrected chi connectivity index (χ1v) is 6.87. The Labute approximate surface area is 126 Å². The molecule has 2 aromatic rings. The molecule has 0 radical (unpaired) electrons. The van der Waals surface area contributed by atoms with E-state index in [4.69, 9.17) is 27.9 Å². The number of oxime groups is 1. The summed E-state index contributed by atoms with van der Waals surface area (Å²) in [5.41, 5.74) is 2.04. The minimum absolute atomic E-state index is 0.245. The Balaban J connectivity index is 2.10. The van der Waals surface area contributed by atoms with E-state index >= 15 is 0 Å². The van der Waals surface area contributed by atoms with Crippen LogP contribution < -0.4 is 4.74 Å². The topological polar surface area (TPSA) is 41.8 Å². The molecule has 1 unspecified atom stereocenters. The minimum atomic E-state index is -0.245. The molecule has 1 N–H and O–H groups in total. The molecule has 5 heteroatoms. The van der Waals surface area contributed by atoms with Crippen LogP contribution in [0.3, 0.4) is 0 Å². The highest BCUT2D eigenvalue weighted by atomic mass is 35.5. The molecule has 0 saturated heterocycles. The molecule has 3 rings (SSSR count). The van der Waals surface area contributed by atoms with Gasteiger partial charge in [0.15, 0.2) is 0 Å². The van der Waals surface area contributed by atoms with E-state index in [1.165, 1.54) is 0 Å². The fourth-order valence-corrected chi connectivity index (χ4v) is 2.78. The smallest absolute Gasteiger partial charge is 0.149 e. The van der Waals surface area contributed by atoms with E-state index < -0.39 is 0 Å². The lowest BCUT2D eigenvalue weighted by Gasteiger charge is -2.28. The van der Waals surface area contributed by atoms with E-state index in [1.54, 1.807) is 12.1 Å². The zero-order chi connectivity index (χ0) is 14.1. The number of halogens is 2. The molecular weight excluding hydrogens is 297 g/mol. The zero-order valence-corrected chi connectivity index (χ0v) is 11.9. The summed E-state index contributed by atoms with van der Waals surface area (Å²) >= 11 is 12.3. The molecule has 0 spiro atoms. The predicted molar refractivity (Wildman–Crippen MR) is 79.2 cm³/mol. The van der Waals surface area contributed by atoms with Crippen molar-refractivity contribution < 1.29 is 9.94 Å². The third-order valence-corrected chi connectivity index (χ3v) is 3.89. The van der Waals surface area contributed by atoms with Gasteiger partial charge in [0.1, 0.15) is 11.9 Å². The summed E-state index contributed by atoms with van der Waals surface area (Å²) in [4.78, 5) is 0. The molecule has 1 atom stereocenters. The van der Waals surface area contributed by atoms with Crippen molar-refractivity contribution in [2.45, 2.75) is 12.5 Å². The molecule has 0 amide bonds. The maximum absolute atomic E-state index is 9.25. The van der Waals surface area contributed by atoms with Crippen LogP contribution in [0.2, 0.25) is 10.0 Å². The molecule has 0 aliphatic carbocycles. The molecule has 0 bridgehead atoms. The second-order valence-electron chi connectivity index (χ2n) is 4.50. The van der Waals surface area contributed by atoms with Crippen molar-refractivity contribution in [2.24, 2.45) is 5.16 Å². The molecule has 2 aromatic carbocycles. The van der Waals surface area contributed by atoms with Crippen molar-refractivity contribution in [3.63, 3.8) is 0 Å². The minimum Gasteiger partial charge on any atom is -0.483 e. The van der Waals surface area contributed by atoms with Crippen molar-refractivity contribution in [1.82, 2.24) is 0 Å². The van der Waals surface area contributed by atoms with Crippen LogP contribution in [-0.2, 0) is 0 Å². The number of rotatable bonds is 1. The van der Waals surface area contributed by atoms with Gasteiger partial charge in [0.25, 0.3) is 0 Å². The number of nitrogens with zero attached hydrogens (tertiary/aromatic N) is 1. The monoisotopic (exact) mass is 307 g/mol. The molecule has 20 heavy (non-hydrogen) atoms. The fourth-order valence-electron chi connectivity index (χ4n) is 2.32. The van der Waals surface area contributed by atoms with Crippen molar-refractivity contribution in [2.75, 3.05) is 0 Å². The molecule has 0 aromatic heterocycles. The van der Waals surface area contributed by atoms with Crippen LogP contribution >= 0.6 is 23.2 Å². The first-order chi connectivity index (χ1) is 9.70. The van der Waals surface area contributed by atoms with E-state index in [-0.39, 0.29) is 6.10 Å². The normalized spacial score (nSPS) is 19.5. The highest BCUT2D eigenvalue weighted by Gasteiger charge is 2.30. The summed E-state index contributed by atoms with van der Waals surface area (Å²) in [6.07, 6.45) is 0.193. The molecule has 0 fully saturated rings. The van der Waals surface area contributed by atoms with Gasteiger partial charge in [-0.3, -0.25) is 0 Å². The van der Waals surface area contributed by atoms with Crippen molar-refractivity contribution in [3.05, 3.63) is 63.6 Å². The lowest BCUT2D eigenvalue weighted by atomic mass is 9.95. The second kappa shape index (κ2) is 5.35. The Morgan fingerprint density at radius 3 is 2.45 bits per heavy atom. The van der Waals surface area contributed by atoms with Gasteiger partial charge in [-0.15, -0.1) is 0 Å². The van der Waals surface area contributed by atoms with Gasteiger partial charge in [-0.25, -0.2) is 0 Å². The van der Waals surface area contributed by atoms with Crippen LogP contribution in [0, 0.1) is 0 Å². The van der Waals surface area contributed by atoms with E-state index in [9.17, 15) is 5.21 Å². The van der Waals surface area contributed by atoms with Crippen LogP contribution in [0.25, 0.3) is 0 Å². The highest BCUT2D eigenvalue weighted by molar-refractivity contribution is 6.37. The largest absolute Gasteiger partial charge is 0.483 e. The third-order valence-electron chi connectivity index (χ3n) is 3.28. The standard InChI is InChI=1S/C15H11Cl2NO2/c16-10-6-7-11(17)15-14(10)12(18-19)8-13(20-15)9-4-2-1-3-5-9/h1-7,13,19H,8H2/b18-12+. The van der Waals surface area contributed by atoms with Gasteiger partial charge in [0.2, 0.25) is 0 Å². The third kappa shape index (κ3) is 2.23. The van der Waals surface area contributed by atoms with Gasteiger partial charge in [-0.2, -0.15) is 0 Å². The summed E-state index contributed by atoms with van der Waals surface area (Å²) in [7, 11) is 0. The second-order valence-corrected chi connectivity index (χ2v) is 5.32. The van der Waals surface area contributed by atoms with Gasteiger partial charge in [-0.1, -0.05) is 58.7 Å². The average Bonchev–Trinajstić information content (AvgIpc) is 2.51. The van der Waals surface area contributed by atoms with E-state index in [0.717, 1.165) is 5.56 Å². The molecule has 1 aliphatic rings. The SMILES string of the molecule is O/N=C1\CC(c2ccccc2)Oc2c(Cl)ccc(Cl)c21. The van der Waals surface area contributed by atoms with Crippen LogP contribution in [0.15, 0.2) is 47.6 Å². The molecule has 0 saturated carbocycles. The van der Waals surface area contributed by atoms with Gasteiger partial charge in [0, 0.05) is 6.42 Å². The maximum Gasteiger partial charge on any atom is 0.149 e. The summed E-state index contributed by atoms with van der Waals surface area (Å²) < 4.78 is 5.95.